The number of halogens is 2. The summed E-state index contributed by atoms with van der Waals surface area (Å²) in [5.41, 5.74) is -0.468. The first-order valence-corrected chi connectivity index (χ1v) is 7.56. The zero-order valence-electron chi connectivity index (χ0n) is 12.9. The Morgan fingerprint density at radius 3 is 2.35 bits per heavy atom. The van der Waals surface area contributed by atoms with Crippen molar-refractivity contribution in [3.8, 4) is 11.5 Å². The van der Waals surface area contributed by atoms with Gasteiger partial charge in [-0.05, 0) is 19.1 Å². The molecule has 1 amide bonds. The SMILES string of the molecule is COc1ccc(NC(=O)COC(=O)[C@]2(C)CC2(Cl)Cl)cc1OC. The second-order valence-corrected chi connectivity index (χ2v) is 6.89. The van der Waals surface area contributed by atoms with Crippen molar-refractivity contribution in [2.24, 2.45) is 5.41 Å². The number of benzene rings is 1. The molecule has 2 rings (SSSR count). The van der Waals surface area contributed by atoms with E-state index in [2.05, 4.69) is 5.32 Å². The van der Waals surface area contributed by atoms with E-state index < -0.39 is 28.2 Å². The molecule has 1 aliphatic carbocycles. The number of carbonyl (C=O) groups excluding carboxylic acids is 2. The van der Waals surface area contributed by atoms with Crippen molar-refractivity contribution in [1.29, 1.82) is 0 Å². The molecule has 0 spiro atoms. The van der Waals surface area contributed by atoms with E-state index in [1.165, 1.54) is 14.2 Å². The van der Waals surface area contributed by atoms with E-state index in [0.29, 0.717) is 23.6 Å². The van der Waals surface area contributed by atoms with Gasteiger partial charge in [0, 0.05) is 18.2 Å². The molecule has 8 heteroatoms. The first-order valence-electron chi connectivity index (χ1n) is 6.80. The lowest BCUT2D eigenvalue weighted by molar-refractivity contribution is -0.152. The van der Waals surface area contributed by atoms with E-state index in [1.807, 2.05) is 0 Å². The van der Waals surface area contributed by atoms with E-state index in [9.17, 15) is 9.59 Å². The molecule has 0 radical (unpaired) electrons. The van der Waals surface area contributed by atoms with Crippen LogP contribution in [0.4, 0.5) is 5.69 Å². The van der Waals surface area contributed by atoms with Gasteiger partial charge in [0.05, 0.1) is 14.2 Å². The highest BCUT2D eigenvalue weighted by Crippen LogP contribution is 2.64. The Hall–Kier alpha value is -1.66. The zero-order chi connectivity index (χ0) is 17.3. The molecule has 1 aromatic rings. The van der Waals surface area contributed by atoms with Gasteiger partial charge in [0.15, 0.2) is 18.1 Å². The van der Waals surface area contributed by atoms with Crippen LogP contribution in [0.5, 0.6) is 11.5 Å². The van der Waals surface area contributed by atoms with Gasteiger partial charge in [-0.15, -0.1) is 23.2 Å². The molecular weight excluding hydrogens is 345 g/mol. The van der Waals surface area contributed by atoms with Crippen molar-refractivity contribution in [3.63, 3.8) is 0 Å². The average Bonchev–Trinajstić information content (AvgIpc) is 3.04. The largest absolute Gasteiger partial charge is 0.493 e. The number of carbonyl (C=O) groups is 2. The first kappa shape index (κ1) is 17.7. The number of ether oxygens (including phenoxy) is 3. The minimum absolute atomic E-state index is 0.305. The molecule has 1 aliphatic rings. The molecule has 1 aromatic carbocycles. The lowest BCUT2D eigenvalue weighted by Gasteiger charge is -2.13. The average molecular weight is 362 g/mol. The number of rotatable bonds is 6. The topological polar surface area (TPSA) is 73.9 Å². The standard InChI is InChI=1S/C15H17Cl2NO5/c1-14(8-15(14,16)17)13(20)23-7-12(19)18-9-4-5-10(21-2)11(6-9)22-3/h4-6H,7-8H2,1-3H3,(H,18,19)/t14-/m0/s1. The van der Waals surface area contributed by atoms with Crippen LogP contribution in [0.25, 0.3) is 0 Å². The molecule has 1 fully saturated rings. The molecule has 0 bridgehead atoms. The summed E-state index contributed by atoms with van der Waals surface area (Å²) in [7, 11) is 3.01. The van der Waals surface area contributed by atoms with Crippen LogP contribution in [0.1, 0.15) is 13.3 Å². The third kappa shape index (κ3) is 3.64. The maximum Gasteiger partial charge on any atom is 0.315 e. The Balaban J connectivity index is 1.89. The molecule has 0 aliphatic heterocycles. The van der Waals surface area contributed by atoms with Crippen molar-refractivity contribution in [2.75, 3.05) is 26.1 Å². The summed E-state index contributed by atoms with van der Waals surface area (Å²) in [5.74, 6) is -0.0597. The Labute approximate surface area is 144 Å². The fourth-order valence-electron chi connectivity index (χ4n) is 2.02. The van der Waals surface area contributed by atoms with Gasteiger partial charge in [-0.25, -0.2) is 0 Å². The number of methoxy groups -OCH3 is 2. The maximum absolute atomic E-state index is 11.9. The summed E-state index contributed by atoms with van der Waals surface area (Å²) < 4.78 is 14.1. The summed E-state index contributed by atoms with van der Waals surface area (Å²) in [5, 5.41) is 2.60. The quantitative estimate of drug-likeness (QED) is 0.622. The lowest BCUT2D eigenvalue weighted by atomic mass is 10.1. The Morgan fingerprint density at radius 1 is 1.22 bits per heavy atom. The van der Waals surface area contributed by atoms with Gasteiger partial charge >= 0.3 is 5.97 Å². The number of amides is 1. The van der Waals surface area contributed by atoms with E-state index in [-0.39, 0.29) is 0 Å². The molecule has 1 N–H and O–H groups in total. The van der Waals surface area contributed by atoms with E-state index >= 15 is 0 Å². The summed E-state index contributed by atoms with van der Waals surface area (Å²) in [6, 6.07) is 4.90. The van der Waals surface area contributed by atoms with Gasteiger partial charge in [0.1, 0.15) is 9.75 Å². The molecule has 126 valence electrons. The van der Waals surface area contributed by atoms with Crippen molar-refractivity contribution in [1.82, 2.24) is 0 Å². The molecule has 0 unspecified atom stereocenters. The summed E-state index contributed by atoms with van der Waals surface area (Å²) in [6.45, 7) is 1.17. The smallest absolute Gasteiger partial charge is 0.315 e. The number of esters is 1. The van der Waals surface area contributed by atoms with Crippen molar-refractivity contribution in [3.05, 3.63) is 18.2 Å². The molecular formula is C15H17Cl2NO5. The molecule has 23 heavy (non-hydrogen) atoms. The Kier molecular flexibility index (Phi) is 4.96. The van der Waals surface area contributed by atoms with Gasteiger partial charge in [-0.1, -0.05) is 0 Å². The van der Waals surface area contributed by atoms with Crippen LogP contribution in [-0.2, 0) is 14.3 Å². The highest BCUT2D eigenvalue weighted by atomic mass is 35.5. The van der Waals surface area contributed by atoms with Crippen LogP contribution in [0.15, 0.2) is 18.2 Å². The van der Waals surface area contributed by atoms with Crippen LogP contribution in [-0.4, -0.2) is 37.0 Å². The second kappa shape index (κ2) is 6.45. The molecule has 1 atom stereocenters. The van der Waals surface area contributed by atoms with Gasteiger partial charge in [0.25, 0.3) is 5.91 Å². The van der Waals surface area contributed by atoms with E-state index in [4.69, 9.17) is 37.4 Å². The van der Waals surface area contributed by atoms with Crippen LogP contribution >= 0.6 is 23.2 Å². The minimum atomic E-state index is -1.12. The summed E-state index contributed by atoms with van der Waals surface area (Å²) in [6.07, 6.45) is 0.305. The van der Waals surface area contributed by atoms with Gasteiger partial charge < -0.3 is 19.5 Å². The molecule has 6 nitrogen and oxygen atoms in total. The van der Waals surface area contributed by atoms with Crippen molar-refractivity contribution < 1.29 is 23.8 Å². The Morgan fingerprint density at radius 2 is 1.83 bits per heavy atom. The second-order valence-electron chi connectivity index (χ2n) is 5.41. The molecule has 0 saturated heterocycles. The van der Waals surface area contributed by atoms with Crippen molar-refractivity contribution >= 4 is 40.8 Å². The number of alkyl halides is 2. The van der Waals surface area contributed by atoms with Crippen LogP contribution in [0.2, 0.25) is 0 Å². The van der Waals surface area contributed by atoms with Crippen molar-refractivity contribution in [2.45, 2.75) is 17.7 Å². The van der Waals surface area contributed by atoms with Crippen LogP contribution < -0.4 is 14.8 Å². The first-order chi connectivity index (χ1) is 10.7. The lowest BCUT2D eigenvalue weighted by Crippen LogP contribution is -2.26. The fourth-order valence-corrected chi connectivity index (χ4v) is 2.71. The summed E-state index contributed by atoms with van der Waals surface area (Å²) in [4.78, 5) is 23.7. The van der Waals surface area contributed by atoms with E-state index in [1.54, 1.807) is 25.1 Å². The highest BCUT2D eigenvalue weighted by molar-refractivity contribution is 6.53. The predicted octanol–water partition coefficient (Wildman–Crippen LogP) is 2.77. The van der Waals surface area contributed by atoms with Gasteiger partial charge in [-0.2, -0.15) is 0 Å². The van der Waals surface area contributed by atoms with E-state index in [0.717, 1.165) is 0 Å². The summed E-state index contributed by atoms with van der Waals surface area (Å²) >= 11 is 11.8. The number of anilines is 1. The van der Waals surface area contributed by atoms with Gasteiger partial charge in [0.2, 0.25) is 0 Å². The molecule has 0 heterocycles. The normalized spacial score (nSPS) is 21.3. The predicted molar refractivity (Wildman–Crippen MR) is 86.3 cm³/mol. The Bertz CT molecular complexity index is 634. The molecule has 1 saturated carbocycles. The number of hydrogen-bond acceptors (Lipinski definition) is 5. The fraction of sp³-hybridized carbons (Fsp3) is 0.467. The number of hydrogen-bond donors (Lipinski definition) is 1. The third-order valence-electron chi connectivity index (χ3n) is 3.71. The zero-order valence-corrected chi connectivity index (χ0v) is 14.5. The van der Waals surface area contributed by atoms with Gasteiger partial charge in [-0.3, -0.25) is 9.59 Å². The third-order valence-corrected chi connectivity index (χ3v) is 4.81. The monoisotopic (exact) mass is 361 g/mol. The van der Waals surface area contributed by atoms with Crippen LogP contribution in [0, 0.1) is 5.41 Å². The highest BCUT2D eigenvalue weighted by Gasteiger charge is 2.69. The molecule has 0 aromatic heterocycles. The van der Waals surface area contributed by atoms with Crippen LogP contribution in [0.3, 0.4) is 0 Å². The maximum atomic E-state index is 11.9. The minimum Gasteiger partial charge on any atom is -0.493 e. The number of nitrogens with one attached hydrogen (secondary N) is 1.